The van der Waals surface area contributed by atoms with Crippen molar-refractivity contribution < 1.29 is 14.3 Å². The first-order valence-corrected chi connectivity index (χ1v) is 7.88. The van der Waals surface area contributed by atoms with Gasteiger partial charge in [-0.25, -0.2) is 9.59 Å². The molecule has 7 heteroatoms. The molecule has 0 aromatic rings. The van der Waals surface area contributed by atoms with Crippen LogP contribution in [-0.2, 0) is 4.74 Å². The van der Waals surface area contributed by atoms with Gasteiger partial charge in [0.1, 0.15) is 6.61 Å². The van der Waals surface area contributed by atoms with Crippen LogP contribution in [0.5, 0.6) is 0 Å². The lowest BCUT2D eigenvalue weighted by molar-refractivity contribution is 0.107. The van der Waals surface area contributed by atoms with Crippen molar-refractivity contribution in [3.05, 3.63) is 12.7 Å². The third-order valence-corrected chi connectivity index (χ3v) is 4.21. The number of hydrogen-bond acceptors (Lipinski definition) is 4. The highest BCUT2D eigenvalue weighted by Crippen LogP contribution is 2.22. The van der Waals surface area contributed by atoms with E-state index in [9.17, 15) is 9.59 Å². The Labute approximate surface area is 130 Å². The first-order valence-electron chi connectivity index (χ1n) is 7.37. The van der Waals surface area contributed by atoms with Crippen molar-refractivity contribution in [2.45, 2.75) is 30.6 Å². The average Bonchev–Trinajstić information content (AvgIpc) is 3.11. The number of carbonyl (C=O) groups excluding carboxylic acids is 2. The van der Waals surface area contributed by atoms with Gasteiger partial charge in [-0.1, -0.05) is 12.7 Å². The van der Waals surface area contributed by atoms with Gasteiger partial charge in [0, 0.05) is 31.4 Å². The quantitative estimate of drug-likeness (QED) is 0.610. The van der Waals surface area contributed by atoms with Crippen LogP contribution in [0.4, 0.5) is 9.59 Å². The molecule has 0 radical (unpaired) electrons. The van der Waals surface area contributed by atoms with Crippen LogP contribution in [-0.4, -0.2) is 66.0 Å². The lowest BCUT2D eigenvalue weighted by Gasteiger charge is -2.25. The van der Waals surface area contributed by atoms with E-state index in [1.807, 2.05) is 4.90 Å². The molecule has 3 amide bonds. The summed E-state index contributed by atoms with van der Waals surface area (Å²) in [6.45, 7) is 6.33. The SMILES string of the molecule is C=CCOC(=O)N1C[C@@H](S)C[C@H]1CNC(=O)N1CCCC1. The molecule has 2 aliphatic heterocycles. The van der Waals surface area contributed by atoms with Crippen molar-refractivity contribution in [2.24, 2.45) is 0 Å². The number of thiol groups is 1. The van der Waals surface area contributed by atoms with E-state index in [2.05, 4.69) is 24.5 Å². The van der Waals surface area contributed by atoms with E-state index in [-0.39, 0.29) is 30.0 Å². The summed E-state index contributed by atoms with van der Waals surface area (Å²) in [7, 11) is 0. The third-order valence-electron chi connectivity index (χ3n) is 3.83. The standard InChI is InChI=1S/C14H23N3O3S/c1-2-7-20-14(19)17-10-12(21)8-11(17)9-15-13(18)16-5-3-4-6-16/h2,11-12,21H,1,3-10H2,(H,15,18)/t11-,12-/m0/s1. The van der Waals surface area contributed by atoms with Crippen LogP contribution in [0.1, 0.15) is 19.3 Å². The highest BCUT2D eigenvalue weighted by molar-refractivity contribution is 7.81. The summed E-state index contributed by atoms with van der Waals surface area (Å²) >= 11 is 4.44. The van der Waals surface area contributed by atoms with Crippen LogP contribution in [0.2, 0.25) is 0 Å². The van der Waals surface area contributed by atoms with E-state index in [1.54, 1.807) is 4.90 Å². The molecule has 0 aliphatic carbocycles. The largest absolute Gasteiger partial charge is 0.445 e. The topological polar surface area (TPSA) is 61.9 Å². The Morgan fingerprint density at radius 1 is 1.38 bits per heavy atom. The lowest BCUT2D eigenvalue weighted by Crippen LogP contribution is -2.46. The lowest BCUT2D eigenvalue weighted by atomic mass is 10.2. The van der Waals surface area contributed by atoms with Gasteiger partial charge in [0.2, 0.25) is 0 Å². The molecule has 2 heterocycles. The predicted octanol–water partition coefficient (Wildman–Crippen LogP) is 1.49. The fourth-order valence-electron chi connectivity index (χ4n) is 2.76. The summed E-state index contributed by atoms with van der Waals surface area (Å²) in [5, 5.41) is 3.03. The van der Waals surface area contributed by atoms with Gasteiger partial charge >= 0.3 is 12.1 Å². The van der Waals surface area contributed by atoms with Gasteiger partial charge < -0.3 is 19.9 Å². The minimum atomic E-state index is -0.369. The van der Waals surface area contributed by atoms with Gasteiger partial charge in [-0.2, -0.15) is 12.6 Å². The number of nitrogens with one attached hydrogen (secondary N) is 1. The van der Waals surface area contributed by atoms with Crippen LogP contribution in [0.3, 0.4) is 0 Å². The molecule has 2 rings (SSSR count). The van der Waals surface area contributed by atoms with Gasteiger partial charge in [-0.3, -0.25) is 0 Å². The van der Waals surface area contributed by atoms with E-state index in [4.69, 9.17) is 4.74 Å². The molecular formula is C14H23N3O3S. The first-order chi connectivity index (χ1) is 10.1. The summed E-state index contributed by atoms with van der Waals surface area (Å²) in [6.07, 6.45) is 4.06. The zero-order valence-electron chi connectivity index (χ0n) is 12.2. The number of nitrogens with zero attached hydrogens (tertiary/aromatic N) is 2. The molecule has 0 unspecified atom stereocenters. The predicted molar refractivity (Wildman–Crippen MR) is 83.6 cm³/mol. The number of carbonyl (C=O) groups is 2. The monoisotopic (exact) mass is 313 g/mol. The Balaban J connectivity index is 1.83. The first kappa shape index (κ1) is 16.0. The highest BCUT2D eigenvalue weighted by Gasteiger charge is 2.35. The van der Waals surface area contributed by atoms with Gasteiger partial charge in [0.25, 0.3) is 0 Å². The maximum Gasteiger partial charge on any atom is 0.410 e. The molecule has 0 saturated carbocycles. The maximum absolute atomic E-state index is 12.0. The van der Waals surface area contributed by atoms with E-state index in [0.29, 0.717) is 13.1 Å². The van der Waals surface area contributed by atoms with Crippen LogP contribution >= 0.6 is 12.6 Å². The summed E-state index contributed by atoms with van der Waals surface area (Å²) < 4.78 is 5.07. The zero-order chi connectivity index (χ0) is 15.2. The molecule has 2 aliphatic rings. The van der Waals surface area contributed by atoms with E-state index < -0.39 is 0 Å². The van der Waals surface area contributed by atoms with Gasteiger partial charge in [-0.05, 0) is 19.3 Å². The fraction of sp³-hybridized carbons (Fsp3) is 0.714. The van der Waals surface area contributed by atoms with Crippen LogP contribution in [0.25, 0.3) is 0 Å². The van der Waals surface area contributed by atoms with Crippen LogP contribution in [0, 0.1) is 0 Å². The minimum absolute atomic E-state index is 0.0467. The van der Waals surface area contributed by atoms with Gasteiger partial charge in [0.05, 0.1) is 6.04 Å². The van der Waals surface area contributed by atoms with Crippen molar-refractivity contribution in [1.82, 2.24) is 15.1 Å². The van der Waals surface area contributed by atoms with Gasteiger partial charge in [0.15, 0.2) is 0 Å². The Bertz CT molecular complexity index is 399. The number of rotatable bonds is 4. The molecular weight excluding hydrogens is 290 g/mol. The average molecular weight is 313 g/mol. The van der Waals surface area contributed by atoms with E-state index in [1.165, 1.54) is 6.08 Å². The van der Waals surface area contributed by atoms with Gasteiger partial charge in [-0.15, -0.1) is 0 Å². The van der Waals surface area contributed by atoms with Crippen LogP contribution in [0.15, 0.2) is 12.7 Å². The normalized spacial score (nSPS) is 25.0. The summed E-state index contributed by atoms with van der Waals surface area (Å²) in [5.41, 5.74) is 0. The van der Waals surface area contributed by atoms with Crippen molar-refractivity contribution in [3.8, 4) is 0 Å². The number of ether oxygens (including phenoxy) is 1. The second kappa shape index (κ2) is 7.59. The minimum Gasteiger partial charge on any atom is -0.445 e. The second-order valence-electron chi connectivity index (χ2n) is 5.44. The number of urea groups is 1. The molecule has 0 spiro atoms. The van der Waals surface area contributed by atoms with Crippen LogP contribution < -0.4 is 5.32 Å². The maximum atomic E-state index is 12.0. The molecule has 2 atom stereocenters. The van der Waals surface area contributed by atoms with Crippen molar-refractivity contribution >= 4 is 24.8 Å². The molecule has 0 bridgehead atoms. The molecule has 118 valence electrons. The summed E-state index contributed by atoms with van der Waals surface area (Å²) in [6, 6.07) is -0.106. The van der Waals surface area contributed by atoms with Crippen molar-refractivity contribution in [1.29, 1.82) is 0 Å². The Hall–Kier alpha value is -1.37. The molecule has 0 aromatic heterocycles. The molecule has 2 fully saturated rings. The Kier molecular flexibility index (Phi) is 5.78. The van der Waals surface area contributed by atoms with Crippen molar-refractivity contribution in [3.63, 3.8) is 0 Å². The highest BCUT2D eigenvalue weighted by atomic mass is 32.1. The third kappa shape index (κ3) is 4.30. The molecule has 1 N–H and O–H groups in total. The number of hydrogen-bond donors (Lipinski definition) is 2. The molecule has 21 heavy (non-hydrogen) atoms. The molecule has 0 aromatic carbocycles. The van der Waals surface area contributed by atoms with Crippen molar-refractivity contribution in [2.75, 3.05) is 32.8 Å². The Morgan fingerprint density at radius 2 is 2.10 bits per heavy atom. The van der Waals surface area contributed by atoms with E-state index >= 15 is 0 Å². The summed E-state index contributed by atoms with van der Waals surface area (Å²) in [4.78, 5) is 27.4. The smallest absolute Gasteiger partial charge is 0.410 e. The van der Waals surface area contributed by atoms with E-state index in [0.717, 1.165) is 32.4 Å². The number of likely N-dealkylation sites (tertiary alicyclic amines) is 2. The summed E-state index contributed by atoms with van der Waals surface area (Å²) in [5.74, 6) is 0. The molecule has 6 nitrogen and oxygen atoms in total. The Morgan fingerprint density at radius 3 is 2.76 bits per heavy atom. The fourth-order valence-corrected chi connectivity index (χ4v) is 3.18. The number of amides is 3. The molecule has 2 saturated heterocycles. The zero-order valence-corrected chi connectivity index (χ0v) is 13.1. The second-order valence-corrected chi connectivity index (χ2v) is 6.17.